The van der Waals surface area contributed by atoms with E-state index in [1.807, 2.05) is 54.6 Å². The first kappa shape index (κ1) is 19.6. The van der Waals surface area contributed by atoms with Gasteiger partial charge in [0, 0.05) is 26.2 Å². The number of ether oxygens (including phenoxy) is 1. The van der Waals surface area contributed by atoms with E-state index in [0.717, 1.165) is 22.4 Å². The molecule has 1 N–H and O–H groups in total. The molecule has 3 aromatic rings. The highest BCUT2D eigenvalue weighted by Gasteiger charge is 2.05. The normalized spacial score (nSPS) is 10.9. The van der Waals surface area contributed by atoms with E-state index in [1.54, 1.807) is 18.3 Å². The number of benzene rings is 3. The summed E-state index contributed by atoms with van der Waals surface area (Å²) in [7, 11) is 0. The number of hydrazone groups is 1. The van der Waals surface area contributed by atoms with Crippen molar-refractivity contribution in [1.29, 1.82) is 0 Å². The first-order chi connectivity index (χ1) is 13.1. The van der Waals surface area contributed by atoms with Gasteiger partial charge in [0.15, 0.2) is 0 Å². The molecular weight excluding hydrogens is 403 g/mol. The molecule has 0 saturated carbocycles. The molecule has 0 aromatic heterocycles. The van der Waals surface area contributed by atoms with Crippen molar-refractivity contribution in [3.63, 3.8) is 0 Å². The molecule has 0 amide bonds. The topological polar surface area (TPSA) is 33.6 Å². The van der Waals surface area contributed by atoms with Crippen LogP contribution in [0, 0.1) is 0 Å². The van der Waals surface area contributed by atoms with Gasteiger partial charge in [-0.25, -0.2) is 0 Å². The van der Waals surface area contributed by atoms with Crippen molar-refractivity contribution in [3.8, 4) is 5.75 Å². The van der Waals surface area contributed by atoms with E-state index in [4.69, 9.17) is 39.5 Å². The van der Waals surface area contributed by atoms with Gasteiger partial charge in [0.05, 0.1) is 12.8 Å². The van der Waals surface area contributed by atoms with E-state index in [-0.39, 0.29) is 0 Å². The fourth-order valence-electron chi connectivity index (χ4n) is 2.45. The minimum absolute atomic E-state index is 0.425. The van der Waals surface area contributed by atoms with Gasteiger partial charge in [-0.15, -0.1) is 0 Å². The van der Waals surface area contributed by atoms with Crippen LogP contribution >= 0.6 is 34.8 Å². The highest BCUT2D eigenvalue weighted by molar-refractivity contribution is 6.36. The maximum Gasteiger partial charge on any atom is 0.128 e. The smallest absolute Gasteiger partial charge is 0.128 e. The first-order valence-corrected chi connectivity index (χ1v) is 9.42. The molecule has 3 nitrogen and oxygen atoms in total. The van der Waals surface area contributed by atoms with Crippen molar-refractivity contribution in [3.05, 3.63) is 98.5 Å². The second-order valence-electron chi connectivity index (χ2n) is 5.75. The van der Waals surface area contributed by atoms with Gasteiger partial charge in [0.2, 0.25) is 0 Å². The zero-order valence-electron chi connectivity index (χ0n) is 14.3. The monoisotopic (exact) mass is 418 g/mol. The quantitative estimate of drug-likeness (QED) is 0.357. The zero-order chi connectivity index (χ0) is 19.1. The van der Waals surface area contributed by atoms with Gasteiger partial charge in [-0.05, 0) is 42.0 Å². The summed E-state index contributed by atoms with van der Waals surface area (Å²) < 4.78 is 5.91. The van der Waals surface area contributed by atoms with Gasteiger partial charge in [-0.1, -0.05) is 65.1 Å². The summed E-state index contributed by atoms with van der Waals surface area (Å²) in [6, 6.07) is 20.7. The van der Waals surface area contributed by atoms with Gasteiger partial charge < -0.3 is 10.2 Å². The lowest BCUT2D eigenvalue weighted by Crippen LogP contribution is -2.07. The molecule has 0 atom stereocenters. The second-order valence-corrected chi connectivity index (χ2v) is 7.00. The first-order valence-electron chi connectivity index (χ1n) is 8.28. The van der Waals surface area contributed by atoms with Crippen molar-refractivity contribution in [2.45, 2.75) is 13.2 Å². The van der Waals surface area contributed by atoms with Crippen LogP contribution in [0.1, 0.15) is 16.7 Å². The van der Waals surface area contributed by atoms with Crippen LogP contribution in [0.4, 0.5) is 0 Å². The molecule has 0 bridgehead atoms. The minimum Gasteiger partial charge on any atom is -0.488 e. The summed E-state index contributed by atoms with van der Waals surface area (Å²) in [5.41, 5.74) is 5.64. The van der Waals surface area contributed by atoms with Gasteiger partial charge in [-0.2, -0.15) is 5.10 Å². The number of hydrogen-bond donors (Lipinski definition) is 1. The lowest BCUT2D eigenvalue weighted by molar-refractivity contribution is 0.306. The Balaban J connectivity index is 1.62. The SMILES string of the molecule is Clc1cccc(COc2ccccc2/C=N\NCc2c(Cl)cccc2Cl)c1. The van der Waals surface area contributed by atoms with Crippen LogP contribution in [0.25, 0.3) is 0 Å². The van der Waals surface area contributed by atoms with Crippen LogP contribution in [0.3, 0.4) is 0 Å². The highest BCUT2D eigenvalue weighted by Crippen LogP contribution is 2.24. The predicted molar refractivity (Wildman–Crippen MR) is 113 cm³/mol. The Bertz CT molecular complexity index is 924. The minimum atomic E-state index is 0.425. The molecule has 0 aliphatic rings. The number of halogens is 3. The average Bonchev–Trinajstić information content (AvgIpc) is 2.66. The summed E-state index contributed by atoms with van der Waals surface area (Å²) in [5.74, 6) is 0.735. The molecule has 3 aromatic carbocycles. The summed E-state index contributed by atoms with van der Waals surface area (Å²) in [4.78, 5) is 0. The lowest BCUT2D eigenvalue weighted by Gasteiger charge is -2.09. The standard InChI is InChI=1S/C21H17Cl3N2O/c22-17-7-3-5-15(11-17)14-27-21-10-2-1-6-16(21)12-25-26-13-18-19(23)8-4-9-20(18)24/h1-12,26H,13-14H2/b25-12-. The Labute approximate surface area is 173 Å². The van der Waals surface area contributed by atoms with Crippen molar-refractivity contribution >= 4 is 41.0 Å². The lowest BCUT2D eigenvalue weighted by atomic mass is 10.2. The van der Waals surface area contributed by atoms with Crippen LogP contribution in [-0.4, -0.2) is 6.21 Å². The summed E-state index contributed by atoms with van der Waals surface area (Å²) in [6.45, 7) is 0.856. The van der Waals surface area contributed by atoms with E-state index >= 15 is 0 Å². The Morgan fingerprint density at radius 2 is 1.63 bits per heavy atom. The van der Waals surface area contributed by atoms with Crippen LogP contribution in [-0.2, 0) is 13.2 Å². The Morgan fingerprint density at radius 1 is 0.889 bits per heavy atom. The summed E-state index contributed by atoms with van der Waals surface area (Å²) >= 11 is 18.3. The molecule has 0 fully saturated rings. The van der Waals surface area contributed by atoms with Gasteiger partial charge in [0.1, 0.15) is 12.4 Å². The molecule has 0 radical (unpaired) electrons. The van der Waals surface area contributed by atoms with Crippen molar-refractivity contribution in [2.75, 3.05) is 0 Å². The van der Waals surface area contributed by atoms with Crippen LogP contribution in [0.5, 0.6) is 5.75 Å². The van der Waals surface area contributed by atoms with Crippen molar-refractivity contribution < 1.29 is 4.74 Å². The van der Waals surface area contributed by atoms with Crippen LogP contribution < -0.4 is 10.2 Å². The second kappa shape index (κ2) is 9.65. The summed E-state index contributed by atoms with van der Waals surface area (Å²) in [5, 5.41) is 6.16. The molecule has 3 rings (SSSR count). The van der Waals surface area contributed by atoms with Crippen LogP contribution in [0.15, 0.2) is 71.8 Å². The van der Waals surface area contributed by atoms with Crippen molar-refractivity contribution in [2.24, 2.45) is 5.10 Å². The predicted octanol–water partition coefficient (Wildman–Crippen LogP) is 6.35. The third kappa shape index (κ3) is 5.64. The maximum absolute atomic E-state index is 6.16. The van der Waals surface area contributed by atoms with Gasteiger partial charge >= 0.3 is 0 Å². The average molecular weight is 420 g/mol. The number of para-hydroxylation sites is 1. The highest BCUT2D eigenvalue weighted by atomic mass is 35.5. The van der Waals surface area contributed by atoms with E-state index in [1.165, 1.54) is 0 Å². The molecule has 27 heavy (non-hydrogen) atoms. The molecule has 0 aliphatic heterocycles. The Morgan fingerprint density at radius 3 is 2.41 bits per heavy atom. The fraction of sp³-hybridized carbons (Fsp3) is 0.0952. The molecule has 6 heteroatoms. The zero-order valence-corrected chi connectivity index (χ0v) is 16.6. The molecule has 0 spiro atoms. The van der Waals surface area contributed by atoms with Crippen LogP contribution in [0.2, 0.25) is 15.1 Å². The molecule has 0 aliphatic carbocycles. The largest absolute Gasteiger partial charge is 0.488 e. The van der Waals surface area contributed by atoms with E-state index in [9.17, 15) is 0 Å². The number of hydrogen-bond acceptors (Lipinski definition) is 3. The summed E-state index contributed by atoms with van der Waals surface area (Å²) in [6.07, 6.45) is 1.71. The third-order valence-electron chi connectivity index (χ3n) is 3.81. The maximum atomic E-state index is 6.16. The Hall–Kier alpha value is -2.20. The van der Waals surface area contributed by atoms with E-state index < -0.39 is 0 Å². The number of rotatable bonds is 7. The van der Waals surface area contributed by atoms with Crippen molar-refractivity contribution in [1.82, 2.24) is 5.43 Å². The fourth-order valence-corrected chi connectivity index (χ4v) is 3.19. The number of nitrogens with zero attached hydrogens (tertiary/aromatic N) is 1. The molecular formula is C21H17Cl3N2O. The molecule has 0 saturated heterocycles. The third-order valence-corrected chi connectivity index (χ3v) is 4.76. The number of nitrogens with one attached hydrogen (secondary N) is 1. The van der Waals surface area contributed by atoms with Gasteiger partial charge in [-0.3, -0.25) is 0 Å². The Kier molecular flexibility index (Phi) is 6.99. The van der Waals surface area contributed by atoms with E-state index in [0.29, 0.717) is 28.2 Å². The molecule has 0 unspecified atom stereocenters. The van der Waals surface area contributed by atoms with E-state index in [2.05, 4.69) is 10.5 Å². The molecule has 138 valence electrons. The molecule has 0 heterocycles. The van der Waals surface area contributed by atoms with Gasteiger partial charge in [0.25, 0.3) is 0 Å².